The van der Waals surface area contributed by atoms with Crippen LogP contribution in [0, 0.1) is 17.7 Å². The summed E-state index contributed by atoms with van der Waals surface area (Å²) in [7, 11) is 0. The first-order valence-corrected chi connectivity index (χ1v) is 9.86. The summed E-state index contributed by atoms with van der Waals surface area (Å²) in [6.07, 6.45) is 1.57. The molecule has 2 aromatic rings. The summed E-state index contributed by atoms with van der Waals surface area (Å²) in [6, 6.07) is 12.8. The quantitative estimate of drug-likeness (QED) is 0.757. The molecule has 7 heteroatoms. The van der Waals surface area contributed by atoms with E-state index in [0.29, 0.717) is 23.5 Å². The highest BCUT2D eigenvalue weighted by Crippen LogP contribution is 2.60. The minimum Gasteiger partial charge on any atom is -0.324 e. The largest absolute Gasteiger partial charge is 0.324 e. The van der Waals surface area contributed by atoms with Crippen LogP contribution < -0.4 is 10.2 Å². The molecule has 1 N–H and O–H groups in total. The average Bonchev–Trinajstić information content (AvgIpc) is 3.41. The first kappa shape index (κ1) is 16.9. The summed E-state index contributed by atoms with van der Waals surface area (Å²) in [6.45, 7) is 0.604. The van der Waals surface area contributed by atoms with Gasteiger partial charge in [0.2, 0.25) is 17.7 Å². The Labute approximate surface area is 166 Å². The topological polar surface area (TPSA) is 69.7 Å². The van der Waals surface area contributed by atoms with E-state index in [4.69, 9.17) is 0 Å². The minimum atomic E-state index is -1.33. The predicted octanol–water partition coefficient (Wildman–Crippen LogP) is 2.26. The first-order valence-electron chi connectivity index (χ1n) is 9.86. The number of benzene rings is 2. The number of carbonyl (C=O) groups is 3. The van der Waals surface area contributed by atoms with Crippen molar-refractivity contribution in [3.63, 3.8) is 0 Å². The van der Waals surface area contributed by atoms with Crippen molar-refractivity contribution in [1.82, 2.24) is 4.90 Å². The van der Waals surface area contributed by atoms with Crippen molar-refractivity contribution in [3.8, 4) is 0 Å². The van der Waals surface area contributed by atoms with Crippen molar-refractivity contribution in [2.45, 2.75) is 24.4 Å². The van der Waals surface area contributed by atoms with Crippen LogP contribution in [0.5, 0.6) is 0 Å². The van der Waals surface area contributed by atoms with Gasteiger partial charge in [0.25, 0.3) is 0 Å². The Morgan fingerprint density at radius 3 is 2.62 bits per heavy atom. The third kappa shape index (κ3) is 1.86. The summed E-state index contributed by atoms with van der Waals surface area (Å²) >= 11 is 0. The second-order valence-corrected chi connectivity index (χ2v) is 8.16. The Balaban J connectivity index is 1.58. The smallest absolute Gasteiger partial charge is 0.250 e. The molecule has 3 saturated heterocycles. The van der Waals surface area contributed by atoms with Crippen LogP contribution in [0.4, 0.5) is 15.8 Å². The van der Waals surface area contributed by atoms with Crippen LogP contribution in [0.2, 0.25) is 0 Å². The fourth-order valence-electron chi connectivity index (χ4n) is 6.01. The standard InChI is InChI=1S/C22H18FN3O3/c23-12-8-9-15-14(11-12)22(21(29)24-15)18-17(16-7-4-10-25(16)22)19(27)26(20(18)28)13-5-2-1-3-6-13/h1-3,5-6,8-9,11,16-18H,4,7,10H2,(H,24,29)/t16-,17+,18+,22-/m0/s1. The molecule has 29 heavy (non-hydrogen) atoms. The average molecular weight is 391 g/mol. The molecular formula is C22H18FN3O3. The van der Waals surface area contributed by atoms with Gasteiger partial charge in [-0.3, -0.25) is 19.3 Å². The number of rotatable bonds is 1. The highest BCUT2D eigenvalue weighted by Gasteiger charge is 2.74. The molecule has 4 atom stereocenters. The predicted molar refractivity (Wildman–Crippen MR) is 102 cm³/mol. The minimum absolute atomic E-state index is 0.204. The zero-order valence-corrected chi connectivity index (χ0v) is 15.5. The molecule has 0 aliphatic carbocycles. The Morgan fingerprint density at radius 1 is 1.03 bits per heavy atom. The van der Waals surface area contributed by atoms with E-state index in [0.717, 1.165) is 12.8 Å². The lowest BCUT2D eigenvalue weighted by Crippen LogP contribution is -2.54. The van der Waals surface area contributed by atoms with Crippen molar-refractivity contribution in [3.05, 3.63) is 59.9 Å². The van der Waals surface area contributed by atoms with Crippen LogP contribution in [0.25, 0.3) is 0 Å². The van der Waals surface area contributed by atoms with Crippen LogP contribution in [0.3, 0.4) is 0 Å². The van der Waals surface area contributed by atoms with E-state index in [1.165, 1.54) is 23.1 Å². The van der Waals surface area contributed by atoms with Crippen molar-refractivity contribution in [2.75, 3.05) is 16.8 Å². The van der Waals surface area contributed by atoms with Gasteiger partial charge in [0.1, 0.15) is 11.4 Å². The second kappa shape index (κ2) is 5.51. The van der Waals surface area contributed by atoms with Gasteiger partial charge in [0, 0.05) is 17.3 Å². The lowest BCUT2D eigenvalue weighted by atomic mass is 9.75. The van der Waals surface area contributed by atoms with Gasteiger partial charge < -0.3 is 5.32 Å². The van der Waals surface area contributed by atoms with Crippen molar-refractivity contribution >= 4 is 29.1 Å². The fraction of sp³-hybridized carbons (Fsp3) is 0.318. The molecule has 1 spiro atoms. The number of imide groups is 1. The van der Waals surface area contributed by atoms with Gasteiger partial charge in [-0.2, -0.15) is 0 Å². The van der Waals surface area contributed by atoms with Gasteiger partial charge in [-0.25, -0.2) is 9.29 Å². The SMILES string of the molecule is O=C1[C@@H]2[C@@H]3CCCN3[C@]3(C(=O)Nc4ccc(F)cc43)[C@H]2C(=O)N1c1ccccc1. The number of anilines is 2. The van der Waals surface area contributed by atoms with Crippen LogP contribution in [0.1, 0.15) is 18.4 Å². The molecule has 3 amide bonds. The molecular weight excluding hydrogens is 373 g/mol. The van der Waals surface area contributed by atoms with E-state index in [9.17, 15) is 18.8 Å². The van der Waals surface area contributed by atoms with Crippen LogP contribution >= 0.6 is 0 Å². The molecule has 0 aromatic heterocycles. The number of hydrogen-bond acceptors (Lipinski definition) is 4. The third-order valence-corrected chi connectivity index (χ3v) is 6.97. The van der Waals surface area contributed by atoms with Crippen LogP contribution in [-0.2, 0) is 19.9 Å². The number of halogens is 1. The lowest BCUT2D eigenvalue weighted by Gasteiger charge is -2.36. The second-order valence-electron chi connectivity index (χ2n) is 8.16. The van der Waals surface area contributed by atoms with Gasteiger partial charge >= 0.3 is 0 Å². The number of para-hydroxylation sites is 1. The number of carbonyl (C=O) groups excluding carboxylic acids is 3. The highest BCUT2D eigenvalue weighted by atomic mass is 19.1. The Hall–Kier alpha value is -3.06. The third-order valence-electron chi connectivity index (χ3n) is 6.97. The Bertz CT molecular complexity index is 1090. The number of nitrogens with one attached hydrogen (secondary N) is 1. The summed E-state index contributed by atoms with van der Waals surface area (Å²) in [4.78, 5) is 43.7. The summed E-state index contributed by atoms with van der Waals surface area (Å²) in [5.74, 6) is -2.91. The molecule has 3 fully saturated rings. The summed E-state index contributed by atoms with van der Waals surface area (Å²) < 4.78 is 14.2. The number of nitrogens with zero attached hydrogens (tertiary/aromatic N) is 2. The van der Waals surface area contributed by atoms with E-state index in [-0.39, 0.29) is 23.8 Å². The molecule has 4 aliphatic rings. The van der Waals surface area contributed by atoms with Gasteiger partial charge in [0.15, 0.2) is 0 Å². The maximum Gasteiger partial charge on any atom is 0.250 e. The zero-order chi connectivity index (χ0) is 19.9. The first-order chi connectivity index (χ1) is 14.0. The molecule has 0 radical (unpaired) electrons. The van der Waals surface area contributed by atoms with E-state index in [1.54, 1.807) is 24.3 Å². The zero-order valence-electron chi connectivity index (χ0n) is 15.5. The van der Waals surface area contributed by atoms with E-state index in [1.807, 2.05) is 11.0 Å². The molecule has 4 heterocycles. The summed E-state index contributed by atoms with van der Waals surface area (Å²) in [5.41, 5.74) is 0.160. The molecule has 4 aliphatic heterocycles. The molecule has 0 unspecified atom stereocenters. The molecule has 2 aromatic carbocycles. The van der Waals surface area contributed by atoms with E-state index in [2.05, 4.69) is 5.32 Å². The lowest BCUT2D eigenvalue weighted by molar-refractivity contribution is -0.135. The molecule has 6 rings (SSSR count). The summed E-state index contributed by atoms with van der Waals surface area (Å²) in [5, 5.41) is 2.84. The van der Waals surface area contributed by atoms with Gasteiger partial charge in [-0.1, -0.05) is 18.2 Å². The van der Waals surface area contributed by atoms with Gasteiger partial charge in [0.05, 0.1) is 17.5 Å². The Morgan fingerprint density at radius 2 is 1.83 bits per heavy atom. The maximum absolute atomic E-state index is 14.2. The Kier molecular flexibility index (Phi) is 3.20. The maximum atomic E-state index is 14.2. The van der Waals surface area contributed by atoms with Crippen molar-refractivity contribution in [1.29, 1.82) is 0 Å². The number of fused-ring (bicyclic) bond motifs is 7. The van der Waals surface area contributed by atoms with Gasteiger partial charge in [-0.15, -0.1) is 0 Å². The molecule has 6 nitrogen and oxygen atoms in total. The normalized spacial score (nSPS) is 32.7. The van der Waals surface area contributed by atoms with Crippen molar-refractivity contribution < 1.29 is 18.8 Å². The molecule has 0 bridgehead atoms. The monoisotopic (exact) mass is 391 g/mol. The van der Waals surface area contributed by atoms with E-state index < -0.39 is 23.2 Å². The van der Waals surface area contributed by atoms with E-state index >= 15 is 0 Å². The van der Waals surface area contributed by atoms with Crippen LogP contribution in [-0.4, -0.2) is 35.2 Å². The highest BCUT2D eigenvalue weighted by molar-refractivity contribution is 6.25. The van der Waals surface area contributed by atoms with Gasteiger partial charge in [-0.05, 0) is 49.7 Å². The van der Waals surface area contributed by atoms with Crippen LogP contribution in [0.15, 0.2) is 48.5 Å². The molecule has 146 valence electrons. The van der Waals surface area contributed by atoms with Crippen molar-refractivity contribution in [2.24, 2.45) is 11.8 Å². The molecule has 0 saturated carbocycles. The fourth-order valence-corrected chi connectivity index (χ4v) is 6.01. The number of hydrogen-bond donors (Lipinski definition) is 1. The number of amides is 3.